The van der Waals surface area contributed by atoms with Crippen molar-refractivity contribution in [3.05, 3.63) is 71.4 Å². The Bertz CT molecular complexity index is 1090. The number of benzene rings is 2. The number of hydrogen-bond acceptors (Lipinski definition) is 5. The minimum Gasteiger partial charge on any atom is -0.490 e. The molecule has 0 saturated heterocycles. The van der Waals surface area contributed by atoms with E-state index in [0.717, 1.165) is 6.07 Å². The molecule has 0 fully saturated rings. The Morgan fingerprint density at radius 1 is 0.935 bits per heavy atom. The average molecular weight is 426 g/mol. The zero-order chi connectivity index (χ0) is 22.4. The number of hydrogen-bond donors (Lipinski definition) is 2. The maximum absolute atomic E-state index is 14.2. The molecule has 0 aliphatic carbocycles. The molecule has 0 bridgehead atoms. The molecule has 0 unspecified atom stereocenters. The minimum absolute atomic E-state index is 0.0647. The predicted octanol–water partition coefficient (Wildman–Crippen LogP) is 5.03. The van der Waals surface area contributed by atoms with E-state index < -0.39 is 17.6 Å². The molecule has 0 radical (unpaired) electrons. The zero-order valence-corrected chi connectivity index (χ0v) is 17.5. The van der Waals surface area contributed by atoms with Crippen molar-refractivity contribution in [3.8, 4) is 11.5 Å². The van der Waals surface area contributed by atoms with Gasteiger partial charge in [0.05, 0.1) is 30.7 Å². The molecule has 8 heteroatoms. The van der Waals surface area contributed by atoms with Crippen LogP contribution in [0.5, 0.6) is 11.5 Å². The van der Waals surface area contributed by atoms with Gasteiger partial charge in [-0.1, -0.05) is 0 Å². The number of carbonyl (C=O) groups excluding carboxylic acids is 2. The van der Waals surface area contributed by atoms with Crippen LogP contribution < -0.4 is 20.1 Å². The Labute approximate surface area is 179 Å². The second-order valence-corrected chi connectivity index (χ2v) is 6.52. The van der Waals surface area contributed by atoms with Gasteiger partial charge in [0.25, 0.3) is 11.8 Å². The van der Waals surface area contributed by atoms with Gasteiger partial charge in [-0.15, -0.1) is 0 Å². The van der Waals surface area contributed by atoms with E-state index in [2.05, 4.69) is 10.6 Å². The third kappa shape index (κ3) is 5.22. The minimum atomic E-state index is -0.632. The van der Waals surface area contributed by atoms with Gasteiger partial charge in [0, 0.05) is 11.3 Å². The maximum Gasteiger partial charge on any atom is 0.259 e. The molecule has 1 aromatic heterocycles. The molecule has 162 valence electrons. The first-order chi connectivity index (χ1) is 14.9. The van der Waals surface area contributed by atoms with Crippen LogP contribution in [0.3, 0.4) is 0 Å². The second-order valence-electron chi connectivity index (χ2n) is 6.52. The highest BCUT2D eigenvalue weighted by Crippen LogP contribution is 2.29. The summed E-state index contributed by atoms with van der Waals surface area (Å²) in [5.74, 6) is -0.142. The van der Waals surface area contributed by atoms with E-state index in [0.29, 0.717) is 47.3 Å². The number of rotatable bonds is 8. The predicted molar refractivity (Wildman–Crippen MR) is 115 cm³/mol. The molecule has 0 aliphatic heterocycles. The first kappa shape index (κ1) is 21.9. The van der Waals surface area contributed by atoms with E-state index in [-0.39, 0.29) is 5.69 Å². The molecule has 7 nitrogen and oxygen atoms in total. The number of anilines is 2. The Balaban J connectivity index is 1.77. The van der Waals surface area contributed by atoms with Crippen molar-refractivity contribution >= 4 is 23.2 Å². The van der Waals surface area contributed by atoms with Gasteiger partial charge in [-0.2, -0.15) is 0 Å². The third-order valence-corrected chi connectivity index (χ3v) is 4.38. The SMILES string of the molecule is CCOc1ccc(C(=O)Nc2ccc(F)c(NC(=O)c3ccoc3C)c2)cc1OCC. The largest absolute Gasteiger partial charge is 0.490 e. The van der Waals surface area contributed by atoms with Gasteiger partial charge < -0.3 is 24.5 Å². The summed E-state index contributed by atoms with van der Waals surface area (Å²) in [4.78, 5) is 25.0. The molecular weight excluding hydrogens is 403 g/mol. The van der Waals surface area contributed by atoms with Gasteiger partial charge >= 0.3 is 0 Å². The number of aryl methyl sites for hydroxylation is 1. The highest BCUT2D eigenvalue weighted by molar-refractivity contribution is 6.07. The van der Waals surface area contributed by atoms with Crippen LogP contribution in [0.1, 0.15) is 40.3 Å². The lowest BCUT2D eigenvalue weighted by molar-refractivity contribution is 0.101. The fourth-order valence-electron chi connectivity index (χ4n) is 2.90. The summed E-state index contributed by atoms with van der Waals surface area (Å²) in [6, 6.07) is 10.3. The number of nitrogens with one attached hydrogen (secondary N) is 2. The van der Waals surface area contributed by atoms with Gasteiger partial charge in [-0.25, -0.2) is 4.39 Å². The summed E-state index contributed by atoms with van der Waals surface area (Å²) in [5, 5.41) is 5.19. The highest BCUT2D eigenvalue weighted by atomic mass is 19.1. The van der Waals surface area contributed by atoms with Crippen LogP contribution in [0, 0.1) is 12.7 Å². The lowest BCUT2D eigenvalue weighted by atomic mass is 10.1. The van der Waals surface area contributed by atoms with E-state index in [1.807, 2.05) is 13.8 Å². The van der Waals surface area contributed by atoms with Crippen LogP contribution in [-0.4, -0.2) is 25.0 Å². The number of carbonyl (C=O) groups is 2. The van der Waals surface area contributed by atoms with Crippen molar-refractivity contribution in [1.82, 2.24) is 0 Å². The van der Waals surface area contributed by atoms with E-state index >= 15 is 0 Å². The molecule has 3 aromatic rings. The van der Waals surface area contributed by atoms with Crippen LogP contribution in [-0.2, 0) is 0 Å². The van der Waals surface area contributed by atoms with Gasteiger partial charge in [0.2, 0.25) is 0 Å². The van der Waals surface area contributed by atoms with Crippen molar-refractivity contribution in [2.75, 3.05) is 23.8 Å². The zero-order valence-electron chi connectivity index (χ0n) is 17.5. The van der Waals surface area contributed by atoms with Crippen molar-refractivity contribution in [3.63, 3.8) is 0 Å². The quantitative estimate of drug-likeness (QED) is 0.527. The Morgan fingerprint density at radius 3 is 2.35 bits per heavy atom. The Morgan fingerprint density at radius 2 is 1.68 bits per heavy atom. The summed E-state index contributed by atoms with van der Waals surface area (Å²) >= 11 is 0. The molecule has 1 heterocycles. The molecule has 0 saturated carbocycles. The normalized spacial score (nSPS) is 10.5. The molecule has 2 aromatic carbocycles. The molecule has 0 atom stereocenters. The number of halogens is 1. The van der Waals surface area contributed by atoms with Gasteiger partial charge in [0.1, 0.15) is 11.6 Å². The van der Waals surface area contributed by atoms with E-state index in [4.69, 9.17) is 13.9 Å². The Hall–Kier alpha value is -3.81. The Kier molecular flexibility index (Phi) is 6.92. The number of amides is 2. The summed E-state index contributed by atoms with van der Waals surface area (Å²) in [6.07, 6.45) is 1.38. The topological polar surface area (TPSA) is 89.8 Å². The standard InChI is InChI=1S/C23H23FN2O5/c1-4-29-20-9-6-15(12-21(20)30-5-2)22(27)25-16-7-8-18(24)19(13-16)26-23(28)17-10-11-31-14(17)3/h6-13H,4-5H2,1-3H3,(H,25,27)(H,26,28). The fourth-order valence-corrected chi connectivity index (χ4v) is 2.90. The van der Waals surface area contributed by atoms with Crippen LogP contribution in [0.15, 0.2) is 53.1 Å². The molecule has 2 amide bonds. The van der Waals surface area contributed by atoms with Crippen molar-refractivity contribution < 1.29 is 27.9 Å². The molecule has 0 spiro atoms. The lowest BCUT2D eigenvalue weighted by Crippen LogP contribution is -2.15. The van der Waals surface area contributed by atoms with Crippen molar-refractivity contribution in [1.29, 1.82) is 0 Å². The number of furan rings is 1. The van der Waals surface area contributed by atoms with Gasteiger partial charge in [0.15, 0.2) is 11.5 Å². The number of ether oxygens (including phenoxy) is 2. The fraction of sp³-hybridized carbons (Fsp3) is 0.217. The summed E-state index contributed by atoms with van der Waals surface area (Å²) in [7, 11) is 0. The molecular formula is C23H23FN2O5. The first-order valence-electron chi connectivity index (χ1n) is 9.78. The highest BCUT2D eigenvalue weighted by Gasteiger charge is 2.16. The van der Waals surface area contributed by atoms with E-state index in [1.54, 1.807) is 25.1 Å². The van der Waals surface area contributed by atoms with Crippen LogP contribution in [0.2, 0.25) is 0 Å². The van der Waals surface area contributed by atoms with Crippen molar-refractivity contribution in [2.24, 2.45) is 0 Å². The maximum atomic E-state index is 14.2. The molecule has 2 N–H and O–H groups in total. The van der Waals surface area contributed by atoms with E-state index in [9.17, 15) is 14.0 Å². The van der Waals surface area contributed by atoms with Crippen LogP contribution in [0.4, 0.5) is 15.8 Å². The average Bonchev–Trinajstić information content (AvgIpc) is 3.18. The van der Waals surface area contributed by atoms with Crippen LogP contribution in [0.25, 0.3) is 0 Å². The first-order valence-corrected chi connectivity index (χ1v) is 9.78. The van der Waals surface area contributed by atoms with Gasteiger partial charge in [-0.3, -0.25) is 9.59 Å². The molecule has 3 rings (SSSR count). The van der Waals surface area contributed by atoms with Crippen LogP contribution >= 0.6 is 0 Å². The van der Waals surface area contributed by atoms with Gasteiger partial charge in [-0.05, 0) is 63.2 Å². The summed E-state index contributed by atoms with van der Waals surface area (Å²) in [6.45, 7) is 6.21. The lowest BCUT2D eigenvalue weighted by Gasteiger charge is -2.13. The summed E-state index contributed by atoms with van der Waals surface area (Å²) < 4.78 is 30.4. The second kappa shape index (κ2) is 9.80. The third-order valence-electron chi connectivity index (χ3n) is 4.38. The molecule has 31 heavy (non-hydrogen) atoms. The monoisotopic (exact) mass is 426 g/mol. The smallest absolute Gasteiger partial charge is 0.259 e. The molecule has 0 aliphatic rings. The summed E-state index contributed by atoms with van der Waals surface area (Å²) in [5.41, 5.74) is 0.894. The van der Waals surface area contributed by atoms with Crippen molar-refractivity contribution in [2.45, 2.75) is 20.8 Å². The van der Waals surface area contributed by atoms with E-state index in [1.165, 1.54) is 24.5 Å².